The van der Waals surface area contributed by atoms with Gasteiger partial charge in [-0.3, -0.25) is 4.90 Å². The van der Waals surface area contributed by atoms with Gasteiger partial charge in [0, 0.05) is 18.6 Å². The third-order valence-electron chi connectivity index (χ3n) is 5.65. The Morgan fingerprint density at radius 1 is 0.947 bits per heavy atom. The van der Waals surface area contributed by atoms with E-state index in [1.807, 2.05) is 0 Å². The first-order valence-corrected chi connectivity index (χ1v) is 8.49. The summed E-state index contributed by atoms with van der Waals surface area (Å²) in [6, 6.07) is 1.66. The van der Waals surface area contributed by atoms with E-state index in [0.717, 1.165) is 18.0 Å². The summed E-state index contributed by atoms with van der Waals surface area (Å²) in [5.74, 6) is 0.979. The van der Waals surface area contributed by atoms with Crippen LogP contribution < -0.4 is 5.32 Å². The second kappa shape index (κ2) is 6.55. The van der Waals surface area contributed by atoms with E-state index >= 15 is 0 Å². The molecule has 3 rings (SSSR count). The van der Waals surface area contributed by atoms with Crippen LogP contribution in [0.4, 0.5) is 0 Å². The van der Waals surface area contributed by atoms with Crippen molar-refractivity contribution in [3.05, 3.63) is 0 Å². The SMILES string of the molecule is CN1CCC(CCNC2CCN3CCCCC23)CC1. The van der Waals surface area contributed by atoms with E-state index in [1.165, 1.54) is 77.7 Å². The minimum atomic E-state index is 0.798. The average molecular weight is 265 g/mol. The maximum absolute atomic E-state index is 3.88. The number of nitrogens with one attached hydrogen (secondary N) is 1. The summed E-state index contributed by atoms with van der Waals surface area (Å²) < 4.78 is 0. The fraction of sp³-hybridized carbons (Fsp3) is 1.00. The number of fused-ring (bicyclic) bond motifs is 1. The Hall–Kier alpha value is -0.120. The second-order valence-electron chi connectivity index (χ2n) is 6.98. The van der Waals surface area contributed by atoms with E-state index < -0.39 is 0 Å². The normalized spacial score (nSPS) is 34.6. The number of piperidine rings is 2. The highest BCUT2D eigenvalue weighted by molar-refractivity contribution is 4.93. The number of rotatable bonds is 4. The molecule has 0 amide bonds. The number of likely N-dealkylation sites (tertiary alicyclic amines) is 1. The van der Waals surface area contributed by atoms with Crippen LogP contribution >= 0.6 is 0 Å². The zero-order valence-corrected chi connectivity index (χ0v) is 12.6. The fourth-order valence-electron chi connectivity index (χ4n) is 4.31. The van der Waals surface area contributed by atoms with Gasteiger partial charge in [0.1, 0.15) is 0 Å². The van der Waals surface area contributed by atoms with Crippen LogP contribution in [0.3, 0.4) is 0 Å². The average Bonchev–Trinajstić information content (AvgIpc) is 2.85. The van der Waals surface area contributed by atoms with Crippen molar-refractivity contribution in [3.63, 3.8) is 0 Å². The van der Waals surface area contributed by atoms with Gasteiger partial charge in [0.2, 0.25) is 0 Å². The molecule has 0 aromatic carbocycles. The molecular weight excluding hydrogens is 234 g/mol. The molecule has 110 valence electrons. The largest absolute Gasteiger partial charge is 0.312 e. The molecule has 3 nitrogen and oxygen atoms in total. The molecule has 19 heavy (non-hydrogen) atoms. The Morgan fingerprint density at radius 2 is 1.79 bits per heavy atom. The quantitative estimate of drug-likeness (QED) is 0.838. The van der Waals surface area contributed by atoms with Crippen LogP contribution in [-0.2, 0) is 0 Å². The molecule has 0 aliphatic carbocycles. The number of nitrogens with zero attached hydrogens (tertiary/aromatic N) is 2. The molecule has 3 heteroatoms. The van der Waals surface area contributed by atoms with Gasteiger partial charge in [-0.15, -0.1) is 0 Å². The Morgan fingerprint density at radius 3 is 2.63 bits per heavy atom. The predicted octanol–water partition coefficient (Wildman–Crippen LogP) is 1.93. The molecule has 0 bridgehead atoms. The smallest absolute Gasteiger partial charge is 0.0249 e. The highest BCUT2D eigenvalue weighted by Gasteiger charge is 2.34. The van der Waals surface area contributed by atoms with Crippen LogP contribution in [0.1, 0.15) is 44.9 Å². The molecule has 2 atom stereocenters. The van der Waals surface area contributed by atoms with E-state index in [-0.39, 0.29) is 0 Å². The summed E-state index contributed by atoms with van der Waals surface area (Å²) in [4.78, 5) is 5.21. The summed E-state index contributed by atoms with van der Waals surface area (Å²) >= 11 is 0. The molecule has 0 spiro atoms. The molecule has 0 aromatic rings. The molecule has 3 aliphatic rings. The zero-order valence-electron chi connectivity index (χ0n) is 12.6. The van der Waals surface area contributed by atoms with Crippen molar-refractivity contribution >= 4 is 0 Å². The Bertz CT molecular complexity index is 273. The molecular formula is C16H31N3. The molecule has 3 fully saturated rings. The summed E-state index contributed by atoms with van der Waals surface area (Å²) in [5.41, 5.74) is 0. The third-order valence-corrected chi connectivity index (χ3v) is 5.65. The minimum Gasteiger partial charge on any atom is -0.312 e. The van der Waals surface area contributed by atoms with Crippen LogP contribution in [0.2, 0.25) is 0 Å². The van der Waals surface area contributed by atoms with Gasteiger partial charge >= 0.3 is 0 Å². The van der Waals surface area contributed by atoms with E-state index in [9.17, 15) is 0 Å². The predicted molar refractivity (Wildman–Crippen MR) is 80.5 cm³/mol. The van der Waals surface area contributed by atoms with Gasteiger partial charge < -0.3 is 10.2 Å². The van der Waals surface area contributed by atoms with Gasteiger partial charge in [-0.2, -0.15) is 0 Å². The lowest BCUT2D eigenvalue weighted by Crippen LogP contribution is -2.45. The van der Waals surface area contributed by atoms with Gasteiger partial charge in [0.25, 0.3) is 0 Å². The maximum atomic E-state index is 3.88. The van der Waals surface area contributed by atoms with Gasteiger partial charge in [-0.25, -0.2) is 0 Å². The molecule has 3 saturated heterocycles. The van der Waals surface area contributed by atoms with E-state index in [0.29, 0.717) is 0 Å². The highest BCUT2D eigenvalue weighted by atomic mass is 15.2. The highest BCUT2D eigenvalue weighted by Crippen LogP contribution is 2.27. The van der Waals surface area contributed by atoms with Crippen molar-refractivity contribution in [2.24, 2.45) is 5.92 Å². The third kappa shape index (κ3) is 3.50. The van der Waals surface area contributed by atoms with Crippen molar-refractivity contribution in [2.45, 2.75) is 57.0 Å². The summed E-state index contributed by atoms with van der Waals surface area (Å²) in [6.07, 6.45) is 9.94. The Labute approximate surface area is 118 Å². The maximum Gasteiger partial charge on any atom is 0.0249 e. The molecule has 0 aromatic heterocycles. The molecule has 2 unspecified atom stereocenters. The lowest BCUT2D eigenvalue weighted by atomic mass is 9.93. The van der Waals surface area contributed by atoms with Gasteiger partial charge in [-0.05, 0) is 77.7 Å². The summed E-state index contributed by atoms with van der Waals surface area (Å²) in [5, 5.41) is 3.88. The second-order valence-corrected chi connectivity index (χ2v) is 6.98. The Balaban J connectivity index is 1.36. The molecule has 3 aliphatic heterocycles. The molecule has 0 saturated carbocycles. The van der Waals surface area contributed by atoms with Crippen LogP contribution in [-0.4, -0.2) is 61.7 Å². The summed E-state index contributed by atoms with van der Waals surface area (Å²) in [7, 11) is 2.25. The lowest BCUT2D eigenvalue weighted by molar-refractivity contribution is 0.177. The number of hydrogen-bond donors (Lipinski definition) is 1. The molecule has 1 N–H and O–H groups in total. The fourth-order valence-corrected chi connectivity index (χ4v) is 4.31. The molecule has 0 radical (unpaired) electrons. The topological polar surface area (TPSA) is 18.5 Å². The lowest BCUT2D eigenvalue weighted by Gasteiger charge is -2.33. The Kier molecular flexibility index (Phi) is 4.78. The van der Waals surface area contributed by atoms with Crippen LogP contribution in [0.15, 0.2) is 0 Å². The standard InChI is InChI=1S/C16H31N3/c1-18-11-6-14(7-12-18)5-9-17-15-8-13-19-10-3-2-4-16(15)19/h14-17H,2-13H2,1H3. The van der Waals surface area contributed by atoms with Gasteiger partial charge in [-0.1, -0.05) is 6.42 Å². The van der Waals surface area contributed by atoms with Crippen molar-refractivity contribution in [1.82, 2.24) is 15.1 Å². The van der Waals surface area contributed by atoms with Crippen LogP contribution in [0.5, 0.6) is 0 Å². The van der Waals surface area contributed by atoms with Crippen molar-refractivity contribution < 1.29 is 0 Å². The summed E-state index contributed by atoms with van der Waals surface area (Å²) in [6.45, 7) is 6.58. The van der Waals surface area contributed by atoms with Crippen molar-refractivity contribution in [2.75, 3.05) is 39.8 Å². The first-order valence-electron chi connectivity index (χ1n) is 8.49. The van der Waals surface area contributed by atoms with Crippen molar-refractivity contribution in [3.8, 4) is 0 Å². The minimum absolute atomic E-state index is 0.798. The van der Waals surface area contributed by atoms with Gasteiger partial charge in [0.05, 0.1) is 0 Å². The van der Waals surface area contributed by atoms with E-state index in [4.69, 9.17) is 0 Å². The first kappa shape index (κ1) is 13.8. The van der Waals surface area contributed by atoms with E-state index in [1.54, 1.807) is 0 Å². The number of hydrogen-bond acceptors (Lipinski definition) is 3. The first-order chi connectivity index (χ1) is 9.33. The van der Waals surface area contributed by atoms with E-state index in [2.05, 4.69) is 22.2 Å². The van der Waals surface area contributed by atoms with Gasteiger partial charge in [0.15, 0.2) is 0 Å². The monoisotopic (exact) mass is 265 g/mol. The van der Waals surface area contributed by atoms with Crippen molar-refractivity contribution in [1.29, 1.82) is 0 Å². The zero-order chi connectivity index (χ0) is 13.1. The molecule has 3 heterocycles. The van der Waals surface area contributed by atoms with Crippen LogP contribution in [0.25, 0.3) is 0 Å². The van der Waals surface area contributed by atoms with Crippen LogP contribution in [0, 0.1) is 5.92 Å².